The normalized spacial score (nSPS) is 20.6. The van der Waals surface area contributed by atoms with Crippen molar-refractivity contribution in [3.05, 3.63) is 28.8 Å². The van der Waals surface area contributed by atoms with Crippen molar-refractivity contribution in [1.82, 2.24) is 5.32 Å². The summed E-state index contributed by atoms with van der Waals surface area (Å²) in [7, 11) is 0. The highest BCUT2D eigenvalue weighted by atomic mass is 32.1. The third-order valence-electron chi connectivity index (χ3n) is 5.28. The van der Waals surface area contributed by atoms with Crippen LogP contribution in [0.1, 0.15) is 77.0 Å². The number of rotatable bonds is 6. The fourth-order valence-corrected chi connectivity index (χ4v) is 4.32. The Balaban J connectivity index is 2.12. The van der Waals surface area contributed by atoms with Gasteiger partial charge in [-0.25, -0.2) is 0 Å². The maximum Gasteiger partial charge on any atom is 0.171 e. The van der Waals surface area contributed by atoms with E-state index in [4.69, 9.17) is 12.2 Å². The maximum absolute atomic E-state index is 5.65. The zero-order valence-corrected chi connectivity index (χ0v) is 17.6. The molecule has 2 N–H and O–H groups in total. The van der Waals surface area contributed by atoms with Crippen molar-refractivity contribution >= 4 is 23.0 Å². The first kappa shape index (κ1) is 20.2. The lowest BCUT2D eigenvalue weighted by atomic mass is 9.87. The van der Waals surface area contributed by atoms with Crippen molar-refractivity contribution in [3.8, 4) is 0 Å². The minimum Gasteiger partial charge on any atom is -0.360 e. The summed E-state index contributed by atoms with van der Waals surface area (Å²) in [4.78, 5) is 0. The average molecular weight is 361 g/mol. The van der Waals surface area contributed by atoms with Gasteiger partial charge in [0.25, 0.3) is 0 Å². The highest BCUT2D eigenvalue weighted by molar-refractivity contribution is 7.80. The fraction of sp³-hybridized carbons (Fsp3) is 0.682. The molecule has 1 aliphatic rings. The second kappa shape index (κ2) is 9.56. The van der Waals surface area contributed by atoms with Gasteiger partial charge in [0.15, 0.2) is 5.11 Å². The smallest absolute Gasteiger partial charge is 0.171 e. The van der Waals surface area contributed by atoms with Crippen LogP contribution in [0.5, 0.6) is 0 Å². The minimum atomic E-state index is 0.527. The molecule has 0 bridgehead atoms. The van der Waals surface area contributed by atoms with Gasteiger partial charge in [0, 0.05) is 11.7 Å². The van der Waals surface area contributed by atoms with Gasteiger partial charge in [-0.05, 0) is 72.8 Å². The molecule has 1 saturated carbocycles. The molecule has 2 nitrogen and oxygen atoms in total. The lowest BCUT2D eigenvalue weighted by Gasteiger charge is -2.29. The van der Waals surface area contributed by atoms with Crippen molar-refractivity contribution in [3.63, 3.8) is 0 Å². The molecular weight excluding hydrogens is 324 g/mol. The van der Waals surface area contributed by atoms with Gasteiger partial charge >= 0.3 is 0 Å². The van der Waals surface area contributed by atoms with E-state index in [2.05, 4.69) is 57.4 Å². The van der Waals surface area contributed by atoms with Gasteiger partial charge < -0.3 is 10.6 Å². The summed E-state index contributed by atoms with van der Waals surface area (Å²) in [5.41, 5.74) is 5.46. The highest BCUT2D eigenvalue weighted by Gasteiger charge is 2.20. The molecule has 0 amide bonds. The largest absolute Gasteiger partial charge is 0.360 e. The van der Waals surface area contributed by atoms with Crippen LogP contribution in [0, 0.1) is 11.8 Å². The predicted octanol–water partition coefficient (Wildman–Crippen LogP) is 5.88. The van der Waals surface area contributed by atoms with Crippen LogP contribution in [0.4, 0.5) is 5.69 Å². The number of benzene rings is 1. The number of nitrogens with one attached hydrogen (secondary N) is 2. The highest BCUT2D eigenvalue weighted by Crippen LogP contribution is 2.27. The summed E-state index contributed by atoms with van der Waals surface area (Å²) in [5, 5.41) is 7.90. The van der Waals surface area contributed by atoms with Gasteiger partial charge in [0.1, 0.15) is 0 Å². The van der Waals surface area contributed by atoms with Crippen molar-refractivity contribution in [2.24, 2.45) is 11.8 Å². The zero-order chi connectivity index (χ0) is 18.4. The van der Waals surface area contributed by atoms with Crippen LogP contribution in [0.3, 0.4) is 0 Å². The molecule has 0 aromatic heterocycles. The summed E-state index contributed by atoms with van der Waals surface area (Å²) < 4.78 is 0. The number of aryl methyl sites for hydroxylation is 2. The van der Waals surface area contributed by atoms with Crippen LogP contribution in [0.2, 0.25) is 0 Å². The maximum atomic E-state index is 5.65. The molecular formula is C22H36N2S. The molecule has 2 rings (SSSR count). The molecule has 0 spiro atoms. The monoisotopic (exact) mass is 360 g/mol. The van der Waals surface area contributed by atoms with E-state index in [1.54, 1.807) is 0 Å². The number of anilines is 1. The van der Waals surface area contributed by atoms with Crippen LogP contribution < -0.4 is 10.6 Å². The molecule has 140 valence electrons. The van der Waals surface area contributed by atoms with Gasteiger partial charge in [-0.3, -0.25) is 0 Å². The van der Waals surface area contributed by atoms with E-state index in [0.717, 1.165) is 30.3 Å². The third kappa shape index (κ3) is 5.99. The number of hydrogen-bond donors (Lipinski definition) is 2. The first-order valence-corrected chi connectivity index (χ1v) is 10.6. The van der Waals surface area contributed by atoms with Crippen LogP contribution in [-0.4, -0.2) is 11.2 Å². The summed E-state index contributed by atoms with van der Waals surface area (Å²) in [6.07, 6.45) is 8.34. The Labute approximate surface area is 160 Å². The minimum absolute atomic E-state index is 0.527. The van der Waals surface area contributed by atoms with E-state index in [9.17, 15) is 0 Å². The Hall–Kier alpha value is -1.09. The van der Waals surface area contributed by atoms with Gasteiger partial charge in [-0.15, -0.1) is 0 Å². The second-order valence-corrected chi connectivity index (χ2v) is 8.57. The Morgan fingerprint density at radius 3 is 2.32 bits per heavy atom. The molecule has 25 heavy (non-hydrogen) atoms. The first-order valence-electron chi connectivity index (χ1n) is 10.1. The molecule has 2 unspecified atom stereocenters. The van der Waals surface area contributed by atoms with Crippen LogP contribution >= 0.6 is 12.2 Å². The molecule has 0 saturated heterocycles. The number of thiocarbonyl (C=S) groups is 1. The van der Waals surface area contributed by atoms with Crippen molar-refractivity contribution in [2.45, 2.75) is 85.6 Å². The summed E-state index contributed by atoms with van der Waals surface area (Å²) in [6, 6.07) is 5.26. The Morgan fingerprint density at radius 2 is 1.80 bits per heavy atom. The van der Waals surface area contributed by atoms with Crippen molar-refractivity contribution < 1.29 is 0 Å². The van der Waals surface area contributed by atoms with Gasteiger partial charge in [-0.1, -0.05) is 59.6 Å². The Kier molecular flexibility index (Phi) is 7.74. The van der Waals surface area contributed by atoms with E-state index >= 15 is 0 Å². The van der Waals surface area contributed by atoms with Gasteiger partial charge in [-0.2, -0.15) is 0 Å². The van der Waals surface area contributed by atoms with Crippen LogP contribution in [-0.2, 0) is 19.3 Å². The van der Waals surface area contributed by atoms with E-state index in [-0.39, 0.29) is 0 Å². The van der Waals surface area contributed by atoms with E-state index in [1.807, 2.05) is 0 Å². The molecule has 0 heterocycles. The first-order chi connectivity index (χ1) is 11.9. The average Bonchev–Trinajstić information content (AvgIpc) is 2.55. The second-order valence-electron chi connectivity index (χ2n) is 8.16. The summed E-state index contributed by atoms with van der Waals surface area (Å²) in [6.45, 7) is 11.4. The molecule has 1 aromatic carbocycles. The Morgan fingerprint density at radius 1 is 1.16 bits per heavy atom. The lowest BCUT2D eigenvalue weighted by molar-refractivity contribution is 0.327. The molecule has 2 atom stereocenters. The SMILES string of the molecule is CCc1cc(CC(C)C)cc(CC)c1NC(=S)NC1CCCC(C)C1. The van der Waals surface area contributed by atoms with E-state index in [0.29, 0.717) is 12.0 Å². The Bertz CT molecular complexity index is 554. The molecule has 1 aliphatic carbocycles. The molecule has 0 radical (unpaired) electrons. The molecule has 1 aromatic rings. The predicted molar refractivity (Wildman–Crippen MR) is 115 cm³/mol. The standard InChI is InChI=1S/C22H36N2S/c1-6-18-13-17(11-15(3)4)14-19(7-2)21(18)24-22(25)23-20-10-8-9-16(5)12-20/h13-16,20H,6-12H2,1-5H3,(H2,23,24,25). The summed E-state index contributed by atoms with van der Waals surface area (Å²) in [5.74, 6) is 1.49. The van der Waals surface area contributed by atoms with Crippen molar-refractivity contribution in [1.29, 1.82) is 0 Å². The quantitative estimate of drug-likeness (QED) is 0.620. The molecule has 1 fully saturated rings. The molecule has 0 aliphatic heterocycles. The van der Waals surface area contributed by atoms with Gasteiger partial charge in [0.2, 0.25) is 0 Å². The number of hydrogen-bond acceptors (Lipinski definition) is 1. The molecule has 3 heteroatoms. The van der Waals surface area contributed by atoms with E-state index in [1.165, 1.54) is 48.1 Å². The summed E-state index contributed by atoms with van der Waals surface area (Å²) >= 11 is 5.65. The fourth-order valence-electron chi connectivity index (χ4n) is 4.05. The van der Waals surface area contributed by atoms with Crippen molar-refractivity contribution in [2.75, 3.05) is 5.32 Å². The zero-order valence-electron chi connectivity index (χ0n) is 16.7. The topological polar surface area (TPSA) is 24.1 Å². The third-order valence-corrected chi connectivity index (χ3v) is 5.50. The van der Waals surface area contributed by atoms with E-state index < -0.39 is 0 Å². The van der Waals surface area contributed by atoms with Gasteiger partial charge in [0.05, 0.1) is 0 Å². The van der Waals surface area contributed by atoms with Crippen LogP contribution in [0.15, 0.2) is 12.1 Å². The lowest BCUT2D eigenvalue weighted by Crippen LogP contribution is -2.40. The van der Waals surface area contributed by atoms with Crippen LogP contribution in [0.25, 0.3) is 0 Å².